The fraction of sp³-hybridized carbons (Fsp3) is 1.00. The van der Waals surface area contributed by atoms with Gasteiger partial charge in [-0.15, -0.1) is 0 Å². The van der Waals surface area contributed by atoms with Gasteiger partial charge in [-0.1, -0.05) is 46.0 Å². The molecule has 2 fully saturated rings. The molecule has 4 atom stereocenters. The van der Waals surface area contributed by atoms with Crippen LogP contribution in [0.2, 0.25) is 0 Å². The van der Waals surface area contributed by atoms with E-state index in [-0.39, 0.29) is 0 Å². The summed E-state index contributed by atoms with van der Waals surface area (Å²) < 4.78 is 0. The van der Waals surface area contributed by atoms with Crippen molar-refractivity contribution in [3.63, 3.8) is 0 Å². The molecular weight excluding hydrogens is 206 g/mol. The molecule has 100 valence electrons. The molecule has 4 unspecified atom stereocenters. The zero-order valence-electron chi connectivity index (χ0n) is 11.9. The van der Waals surface area contributed by atoms with E-state index in [4.69, 9.17) is 0 Å². The van der Waals surface area contributed by atoms with Crippen molar-refractivity contribution in [2.24, 2.45) is 17.8 Å². The van der Waals surface area contributed by atoms with Gasteiger partial charge in [0.05, 0.1) is 0 Å². The van der Waals surface area contributed by atoms with E-state index in [2.05, 4.69) is 19.2 Å². The van der Waals surface area contributed by atoms with Crippen molar-refractivity contribution in [2.75, 3.05) is 6.54 Å². The molecule has 0 bridgehead atoms. The summed E-state index contributed by atoms with van der Waals surface area (Å²) in [6, 6.07) is 0.833. The van der Waals surface area contributed by atoms with Gasteiger partial charge >= 0.3 is 0 Å². The summed E-state index contributed by atoms with van der Waals surface area (Å²) in [5, 5.41) is 3.81. The van der Waals surface area contributed by atoms with E-state index in [9.17, 15) is 0 Å². The third-order valence-electron chi connectivity index (χ3n) is 4.97. The predicted molar refractivity (Wildman–Crippen MR) is 75.2 cm³/mol. The summed E-state index contributed by atoms with van der Waals surface area (Å²) in [5.41, 5.74) is 0. The lowest BCUT2D eigenvalue weighted by Gasteiger charge is -2.30. The largest absolute Gasteiger partial charge is 0.314 e. The van der Waals surface area contributed by atoms with Crippen LogP contribution in [0.3, 0.4) is 0 Å². The van der Waals surface area contributed by atoms with Crippen LogP contribution < -0.4 is 5.32 Å². The summed E-state index contributed by atoms with van der Waals surface area (Å²) in [7, 11) is 0. The summed E-state index contributed by atoms with van der Waals surface area (Å²) in [4.78, 5) is 0. The second-order valence-corrected chi connectivity index (χ2v) is 6.85. The lowest BCUT2D eigenvalue weighted by atomic mass is 9.80. The van der Waals surface area contributed by atoms with Crippen LogP contribution in [-0.2, 0) is 0 Å². The number of nitrogens with one attached hydrogen (secondary N) is 1. The first-order valence-corrected chi connectivity index (χ1v) is 7.97. The molecule has 0 heterocycles. The highest BCUT2D eigenvalue weighted by Gasteiger charge is 2.20. The SMILES string of the molecule is CC1CCCC(CCNC2CCCC(C)C2)C1. The van der Waals surface area contributed by atoms with Gasteiger partial charge in [-0.25, -0.2) is 0 Å². The van der Waals surface area contributed by atoms with Crippen LogP contribution >= 0.6 is 0 Å². The van der Waals surface area contributed by atoms with Crippen molar-refractivity contribution in [1.82, 2.24) is 5.32 Å². The smallest absolute Gasteiger partial charge is 0.00696 e. The normalized spacial score (nSPS) is 39.2. The van der Waals surface area contributed by atoms with Gasteiger partial charge < -0.3 is 5.32 Å². The van der Waals surface area contributed by atoms with Gasteiger partial charge in [-0.05, 0) is 50.0 Å². The number of rotatable bonds is 4. The van der Waals surface area contributed by atoms with E-state index in [1.807, 2.05) is 0 Å². The Morgan fingerprint density at radius 2 is 1.59 bits per heavy atom. The summed E-state index contributed by atoms with van der Waals surface area (Å²) in [5.74, 6) is 2.96. The Labute approximate surface area is 108 Å². The Bertz CT molecular complexity index is 192. The van der Waals surface area contributed by atoms with Crippen LogP contribution in [0.4, 0.5) is 0 Å². The lowest BCUT2D eigenvalue weighted by Crippen LogP contribution is -2.35. The minimum atomic E-state index is 0.833. The third-order valence-corrected chi connectivity index (χ3v) is 4.97. The molecule has 2 saturated carbocycles. The molecule has 0 aromatic heterocycles. The van der Waals surface area contributed by atoms with Crippen LogP contribution in [0.15, 0.2) is 0 Å². The first-order valence-electron chi connectivity index (χ1n) is 7.97. The fourth-order valence-corrected chi connectivity index (χ4v) is 3.93. The average molecular weight is 237 g/mol. The van der Waals surface area contributed by atoms with Gasteiger partial charge in [-0.2, -0.15) is 0 Å². The lowest BCUT2D eigenvalue weighted by molar-refractivity contribution is 0.252. The van der Waals surface area contributed by atoms with Crippen molar-refractivity contribution >= 4 is 0 Å². The second-order valence-electron chi connectivity index (χ2n) is 6.85. The highest BCUT2D eigenvalue weighted by atomic mass is 14.9. The van der Waals surface area contributed by atoms with Crippen molar-refractivity contribution in [2.45, 2.75) is 77.7 Å². The topological polar surface area (TPSA) is 12.0 Å². The maximum Gasteiger partial charge on any atom is 0.00696 e. The minimum absolute atomic E-state index is 0.833. The summed E-state index contributed by atoms with van der Waals surface area (Å²) >= 11 is 0. The van der Waals surface area contributed by atoms with Crippen molar-refractivity contribution in [1.29, 1.82) is 0 Å². The molecule has 0 saturated heterocycles. The zero-order chi connectivity index (χ0) is 12.1. The van der Waals surface area contributed by atoms with E-state index in [0.717, 1.165) is 23.8 Å². The summed E-state index contributed by atoms with van der Waals surface area (Å²) in [6.45, 7) is 6.12. The van der Waals surface area contributed by atoms with E-state index in [1.165, 1.54) is 64.3 Å². The minimum Gasteiger partial charge on any atom is -0.314 e. The quantitative estimate of drug-likeness (QED) is 0.765. The molecule has 0 aromatic rings. The Balaban J connectivity index is 1.58. The first-order chi connectivity index (χ1) is 8.24. The average Bonchev–Trinajstić information content (AvgIpc) is 2.29. The van der Waals surface area contributed by atoms with Crippen molar-refractivity contribution in [3.8, 4) is 0 Å². The highest BCUT2D eigenvalue weighted by molar-refractivity contribution is 4.77. The molecule has 0 aliphatic heterocycles. The number of hydrogen-bond donors (Lipinski definition) is 1. The molecule has 2 aliphatic carbocycles. The Morgan fingerprint density at radius 1 is 0.882 bits per heavy atom. The van der Waals surface area contributed by atoms with E-state index >= 15 is 0 Å². The monoisotopic (exact) mass is 237 g/mol. The van der Waals surface area contributed by atoms with Gasteiger partial charge in [-0.3, -0.25) is 0 Å². The molecule has 1 heteroatoms. The van der Waals surface area contributed by atoms with Crippen LogP contribution in [0, 0.1) is 17.8 Å². The van der Waals surface area contributed by atoms with Gasteiger partial charge in [0.15, 0.2) is 0 Å². The van der Waals surface area contributed by atoms with E-state index in [1.54, 1.807) is 0 Å². The van der Waals surface area contributed by atoms with Gasteiger partial charge in [0.2, 0.25) is 0 Å². The van der Waals surface area contributed by atoms with Crippen molar-refractivity contribution in [3.05, 3.63) is 0 Å². The van der Waals surface area contributed by atoms with Gasteiger partial charge in [0.1, 0.15) is 0 Å². The molecule has 2 rings (SSSR count). The predicted octanol–water partition coefficient (Wildman–Crippen LogP) is 4.37. The van der Waals surface area contributed by atoms with Crippen LogP contribution in [0.1, 0.15) is 71.6 Å². The van der Waals surface area contributed by atoms with Gasteiger partial charge in [0.25, 0.3) is 0 Å². The highest BCUT2D eigenvalue weighted by Crippen LogP contribution is 2.30. The van der Waals surface area contributed by atoms with E-state index < -0.39 is 0 Å². The maximum absolute atomic E-state index is 3.81. The van der Waals surface area contributed by atoms with E-state index in [0.29, 0.717) is 0 Å². The molecule has 1 nitrogen and oxygen atoms in total. The van der Waals surface area contributed by atoms with Crippen LogP contribution in [0.25, 0.3) is 0 Å². The third kappa shape index (κ3) is 4.62. The van der Waals surface area contributed by atoms with Gasteiger partial charge in [0, 0.05) is 6.04 Å². The van der Waals surface area contributed by atoms with Crippen molar-refractivity contribution < 1.29 is 0 Å². The Hall–Kier alpha value is -0.0400. The van der Waals surface area contributed by atoms with Crippen LogP contribution in [0.5, 0.6) is 0 Å². The molecule has 0 amide bonds. The Morgan fingerprint density at radius 3 is 2.29 bits per heavy atom. The molecule has 1 N–H and O–H groups in total. The molecule has 17 heavy (non-hydrogen) atoms. The first kappa shape index (κ1) is 13.4. The second kappa shape index (κ2) is 6.78. The van der Waals surface area contributed by atoms with Crippen LogP contribution in [-0.4, -0.2) is 12.6 Å². The standard InChI is InChI=1S/C16H31N/c1-13-5-3-7-15(11-13)9-10-17-16-8-4-6-14(2)12-16/h13-17H,3-12H2,1-2H3. The maximum atomic E-state index is 3.81. The molecular formula is C16H31N. The Kier molecular flexibility index (Phi) is 5.34. The zero-order valence-corrected chi connectivity index (χ0v) is 11.9. The molecule has 0 aromatic carbocycles. The molecule has 0 spiro atoms. The molecule has 0 radical (unpaired) electrons. The fourth-order valence-electron chi connectivity index (χ4n) is 3.93. The summed E-state index contributed by atoms with van der Waals surface area (Å²) in [6.07, 6.45) is 13.1. The molecule has 2 aliphatic rings. The number of hydrogen-bond acceptors (Lipinski definition) is 1.